The van der Waals surface area contributed by atoms with Gasteiger partial charge in [-0.25, -0.2) is 9.59 Å². The number of carbonyl (C=O) groups is 2. The Morgan fingerprint density at radius 1 is 0.927 bits per heavy atom. The minimum atomic E-state index is -3.37. The van der Waals surface area contributed by atoms with Gasteiger partial charge >= 0.3 is 17.8 Å². The van der Waals surface area contributed by atoms with E-state index < -0.39 is 23.1 Å². The highest BCUT2D eigenvalue weighted by Crippen LogP contribution is 2.52. The molecule has 0 aliphatic carbocycles. The summed E-state index contributed by atoms with van der Waals surface area (Å²) in [5, 5.41) is 41.4. The van der Waals surface area contributed by atoms with Gasteiger partial charge in [0.05, 0.1) is 31.7 Å². The van der Waals surface area contributed by atoms with E-state index >= 15 is 0 Å². The second kappa shape index (κ2) is 11.6. The number of amides is 2. The fourth-order valence-corrected chi connectivity index (χ4v) is 7.85. The number of nitrogens with one attached hydrogen (secondary N) is 2. The van der Waals surface area contributed by atoms with Crippen molar-refractivity contribution in [1.29, 1.82) is 0 Å². The molecule has 3 aromatic rings. The fraction of sp³-hybridized carbons (Fsp3) is 0.355. The van der Waals surface area contributed by atoms with Crippen molar-refractivity contribution in [3.63, 3.8) is 0 Å². The topological polar surface area (TPSA) is 137 Å². The van der Waals surface area contributed by atoms with Crippen molar-refractivity contribution in [2.24, 2.45) is 5.92 Å². The summed E-state index contributed by atoms with van der Waals surface area (Å²) in [6, 6.07) is 23.0. The Morgan fingerprint density at radius 2 is 1.46 bits per heavy atom. The normalized spacial score (nSPS) is 21.0. The molecule has 10 heteroatoms. The number of carboxylic acid groups (broad SMARTS) is 1. The number of rotatable bonds is 11. The molecule has 2 aliphatic rings. The van der Waals surface area contributed by atoms with Crippen molar-refractivity contribution >= 4 is 23.8 Å². The van der Waals surface area contributed by atoms with Crippen LogP contribution in [0, 0.1) is 5.92 Å². The van der Waals surface area contributed by atoms with Gasteiger partial charge in [0.25, 0.3) is 0 Å². The summed E-state index contributed by atoms with van der Waals surface area (Å²) < 4.78 is 10.8. The van der Waals surface area contributed by atoms with Crippen LogP contribution in [0.3, 0.4) is 0 Å². The van der Waals surface area contributed by atoms with E-state index in [2.05, 4.69) is 10.6 Å². The van der Waals surface area contributed by atoms with Crippen LogP contribution in [0.5, 0.6) is 11.5 Å². The number of fused-ring (bicyclic) bond motifs is 1. The molecule has 0 spiro atoms. The number of hydrogen-bond acceptors (Lipinski definition) is 6. The van der Waals surface area contributed by atoms with Crippen LogP contribution >= 0.6 is 11.8 Å². The van der Waals surface area contributed by atoms with E-state index in [1.807, 2.05) is 54.6 Å². The molecule has 4 N–H and O–H groups in total. The molecule has 2 saturated heterocycles. The molecular weight excluding hydrogens is 544 g/mol. The number of carbonyl (C=O) groups excluding carboxylic acids is 1. The zero-order chi connectivity index (χ0) is 29.2. The van der Waals surface area contributed by atoms with E-state index in [1.165, 1.54) is 0 Å². The van der Waals surface area contributed by atoms with Gasteiger partial charge in [0.15, 0.2) is 0 Å². The SMILES string of the molecule is COc1ccc(C(c2ccccc2)(c2ccc(OC)cc2)C(CC[C@@H]2SC[C@@H]3NC(=O)N[C@@H]32)C([O])(O)C(=O)O)cc1. The number of ether oxygens (including phenoxy) is 2. The number of aliphatic carboxylic acids is 1. The Balaban J connectivity index is 1.72. The second-order valence-electron chi connectivity index (χ2n) is 10.4. The number of methoxy groups -OCH3 is 2. The molecule has 1 radical (unpaired) electrons. The van der Waals surface area contributed by atoms with Crippen molar-refractivity contribution < 1.29 is 34.4 Å². The number of carboxylic acids is 1. The van der Waals surface area contributed by atoms with Crippen LogP contribution in [0.1, 0.15) is 29.5 Å². The van der Waals surface area contributed by atoms with Crippen molar-refractivity contribution in [3.05, 3.63) is 95.6 Å². The summed E-state index contributed by atoms with van der Waals surface area (Å²) in [7, 11) is 3.10. The van der Waals surface area contributed by atoms with E-state index in [0.717, 1.165) is 0 Å². The van der Waals surface area contributed by atoms with E-state index in [9.17, 15) is 24.9 Å². The van der Waals surface area contributed by atoms with Crippen molar-refractivity contribution in [2.75, 3.05) is 20.0 Å². The van der Waals surface area contributed by atoms with Crippen molar-refractivity contribution in [2.45, 2.75) is 41.4 Å². The van der Waals surface area contributed by atoms with E-state index in [4.69, 9.17) is 9.47 Å². The molecule has 2 heterocycles. The zero-order valence-corrected chi connectivity index (χ0v) is 23.6. The first-order valence-corrected chi connectivity index (χ1v) is 14.5. The molecule has 9 nitrogen and oxygen atoms in total. The van der Waals surface area contributed by atoms with Crippen molar-refractivity contribution in [3.8, 4) is 11.5 Å². The van der Waals surface area contributed by atoms with Gasteiger partial charge in [0.2, 0.25) is 0 Å². The number of urea groups is 1. The lowest BCUT2D eigenvalue weighted by Gasteiger charge is -2.46. The maximum Gasteiger partial charge on any atom is 0.367 e. The lowest BCUT2D eigenvalue weighted by Crippen LogP contribution is -2.55. The Kier molecular flexibility index (Phi) is 8.17. The van der Waals surface area contributed by atoms with Crippen LogP contribution in [-0.2, 0) is 15.3 Å². The average molecular weight is 578 g/mol. The first-order chi connectivity index (χ1) is 19.7. The first kappa shape index (κ1) is 28.8. The molecular formula is C31H33N2O7S. The molecule has 0 bridgehead atoms. The molecule has 5 atom stereocenters. The van der Waals surface area contributed by atoms with Crippen LogP contribution in [0.15, 0.2) is 78.9 Å². The number of hydrogen-bond donors (Lipinski definition) is 4. The monoisotopic (exact) mass is 577 g/mol. The van der Waals surface area contributed by atoms with Gasteiger partial charge in [-0.05, 0) is 53.8 Å². The molecule has 5 rings (SSSR count). The molecule has 2 fully saturated rings. The predicted octanol–water partition coefficient (Wildman–Crippen LogP) is 3.80. The lowest BCUT2D eigenvalue weighted by atomic mass is 9.58. The fourth-order valence-electron chi connectivity index (χ4n) is 6.34. The smallest absolute Gasteiger partial charge is 0.367 e. The van der Waals surface area contributed by atoms with E-state index in [-0.39, 0.29) is 29.8 Å². The lowest BCUT2D eigenvalue weighted by molar-refractivity contribution is -0.254. The van der Waals surface area contributed by atoms with Gasteiger partial charge in [-0.2, -0.15) is 16.9 Å². The number of thioether (sulfide) groups is 1. The van der Waals surface area contributed by atoms with E-state index in [1.54, 1.807) is 50.2 Å². The Bertz CT molecular complexity index is 1320. The second-order valence-corrected chi connectivity index (χ2v) is 11.7. The van der Waals surface area contributed by atoms with Crippen LogP contribution < -0.4 is 20.1 Å². The van der Waals surface area contributed by atoms with Gasteiger partial charge in [0.1, 0.15) is 11.5 Å². The molecule has 0 saturated carbocycles. The minimum absolute atomic E-state index is 0.0383. The summed E-state index contributed by atoms with van der Waals surface area (Å²) in [5.41, 5.74) is 0.531. The summed E-state index contributed by atoms with van der Waals surface area (Å²) >= 11 is 1.66. The molecule has 2 amide bonds. The highest BCUT2D eigenvalue weighted by atomic mass is 32.2. The summed E-state index contributed by atoms with van der Waals surface area (Å²) in [4.78, 5) is 24.5. The standard InChI is InChI=1S/C31H33N2O7S/c1-39-22-12-8-20(9-13-22)30(19-6-4-3-5-7-19,21-10-14-23(40-2)15-11-21)26(31(37,38)28(34)35)17-16-25-27-24(18-41-25)32-29(36)33-27/h3-15,24-27,37H,16-18H2,1-2H3,(H,34,35)(H2,32,33,36)/t24-,25-,26?,27-,31?/m0/s1. The van der Waals surface area contributed by atoms with Crippen LogP contribution in [0.25, 0.3) is 0 Å². The maximum absolute atomic E-state index is 14.0. The highest BCUT2D eigenvalue weighted by Gasteiger charge is 2.58. The van der Waals surface area contributed by atoms with Gasteiger partial charge in [-0.3, -0.25) is 0 Å². The third-order valence-corrected chi connectivity index (χ3v) is 9.81. The maximum atomic E-state index is 14.0. The molecule has 3 aromatic carbocycles. The third kappa shape index (κ3) is 5.23. The summed E-state index contributed by atoms with van der Waals surface area (Å²) in [6.45, 7) is 0. The molecule has 215 valence electrons. The van der Waals surface area contributed by atoms with Gasteiger partial charge in [-0.1, -0.05) is 54.6 Å². The van der Waals surface area contributed by atoms with Crippen LogP contribution in [0.4, 0.5) is 4.79 Å². The average Bonchev–Trinajstić information content (AvgIpc) is 3.55. The van der Waals surface area contributed by atoms with Gasteiger partial charge < -0.3 is 30.3 Å². The molecule has 2 unspecified atom stereocenters. The zero-order valence-electron chi connectivity index (χ0n) is 22.8. The molecule has 41 heavy (non-hydrogen) atoms. The van der Waals surface area contributed by atoms with Gasteiger partial charge in [-0.15, -0.1) is 0 Å². The highest BCUT2D eigenvalue weighted by molar-refractivity contribution is 8.00. The number of aliphatic hydroxyl groups is 1. The van der Waals surface area contributed by atoms with Crippen molar-refractivity contribution in [1.82, 2.24) is 10.6 Å². The molecule has 2 aliphatic heterocycles. The Morgan fingerprint density at radius 3 is 1.98 bits per heavy atom. The summed E-state index contributed by atoms with van der Waals surface area (Å²) in [5.74, 6) is -4.68. The summed E-state index contributed by atoms with van der Waals surface area (Å²) in [6.07, 6.45) is 0.465. The van der Waals surface area contributed by atoms with Crippen LogP contribution in [0.2, 0.25) is 0 Å². The predicted molar refractivity (Wildman–Crippen MR) is 154 cm³/mol. The minimum Gasteiger partial charge on any atom is -0.497 e. The van der Waals surface area contributed by atoms with Gasteiger partial charge in [0, 0.05) is 16.9 Å². The Labute approximate surface area is 242 Å². The molecule has 0 aromatic heterocycles. The van der Waals surface area contributed by atoms with Crippen LogP contribution in [-0.4, -0.2) is 65.3 Å². The van der Waals surface area contributed by atoms with E-state index in [0.29, 0.717) is 40.4 Å². The third-order valence-electron chi connectivity index (χ3n) is 8.30. The quantitative estimate of drug-likeness (QED) is 0.155. The first-order valence-electron chi connectivity index (χ1n) is 13.4. The Hall–Kier alpha value is -3.73. The largest absolute Gasteiger partial charge is 0.497 e. The number of benzene rings is 3.